The van der Waals surface area contributed by atoms with Gasteiger partial charge in [-0.25, -0.2) is 0 Å². The van der Waals surface area contributed by atoms with Crippen LogP contribution in [0.25, 0.3) is 0 Å². The summed E-state index contributed by atoms with van der Waals surface area (Å²) in [5.41, 5.74) is 0. The van der Waals surface area contributed by atoms with Crippen molar-refractivity contribution in [2.24, 2.45) is 0 Å². The molecule has 77 valence electrons. The lowest BCUT2D eigenvalue weighted by Gasteiger charge is -2.27. The fourth-order valence-corrected chi connectivity index (χ4v) is 1.81. The molecule has 0 aromatic carbocycles. The van der Waals surface area contributed by atoms with Crippen LogP contribution in [0.1, 0.15) is 66.7 Å². The molecule has 0 amide bonds. The molecule has 0 aromatic rings. The van der Waals surface area contributed by atoms with Gasteiger partial charge in [0, 0.05) is 0 Å². The minimum Gasteiger partial charge on any atom is -0.0683 e. The van der Waals surface area contributed by atoms with Crippen LogP contribution in [0.5, 0.6) is 0 Å². The summed E-state index contributed by atoms with van der Waals surface area (Å²) >= 11 is 0. The zero-order valence-corrected chi connectivity index (χ0v) is 10.2. The fourth-order valence-electron chi connectivity index (χ4n) is 1.81. The molecule has 0 nitrogen and oxygen atoms in total. The van der Waals surface area contributed by atoms with Crippen LogP contribution in [0.15, 0.2) is 0 Å². The van der Waals surface area contributed by atoms with Crippen molar-refractivity contribution in [3.8, 4) is 0 Å². The maximum Gasteiger partial charge on any atom is 0.121 e. The highest BCUT2D eigenvalue weighted by atomic mass is 14.1. The Morgan fingerprint density at radius 3 is 1.77 bits per heavy atom. The van der Waals surface area contributed by atoms with Crippen molar-refractivity contribution in [1.82, 2.24) is 0 Å². The van der Waals surface area contributed by atoms with E-state index in [1.807, 2.05) is 0 Å². The first kappa shape index (κ1) is 13.1. The Labute approximate surface area is 85.7 Å². The molecule has 0 unspecified atom stereocenters. The van der Waals surface area contributed by atoms with Gasteiger partial charge in [-0.15, -0.1) is 0 Å². The van der Waals surface area contributed by atoms with Crippen LogP contribution < -0.4 is 0 Å². The smallest absolute Gasteiger partial charge is 0.0683 e. The zero-order valence-electron chi connectivity index (χ0n) is 10.2. The van der Waals surface area contributed by atoms with E-state index in [0.29, 0.717) is 5.31 Å². The Morgan fingerprint density at radius 2 is 1.46 bits per heavy atom. The lowest BCUT2D eigenvalue weighted by Crippen LogP contribution is -2.17. The van der Waals surface area contributed by atoms with E-state index in [1.54, 1.807) is 0 Å². The van der Waals surface area contributed by atoms with Gasteiger partial charge in [-0.1, -0.05) is 77.9 Å². The third-order valence-electron chi connectivity index (χ3n) is 2.92. The second-order valence-electron chi connectivity index (χ2n) is 4.85. The minimum atomic E-state index is 0.439. The summed E-state index contributed by atoms with van der Waals surface area (Å²) in [7, 11) is 2.58. The van der Waals surface area contributed by atoms with E-state index in [-0.39, 0.29) is 0 Å². The second kappa shape index (κ2) is 6.51. The normalized spacial score (nSPS) is 12.2. The lowest BCUT2D eigenvalue weighted by atomic mass is 9.44. The topological polar surface area (TPSA) is 0 Å². The fraction of sp³-hybridized carbons (Fsp3) is 1.00. The van der Waals surface area contributed by atoms with Gasteiger partial charge in [-0.2, -0.15) is 0 Å². The van der Waals surface area contributed by atoms with E-state index in [1.165, 1.54) is 32.1 Å². The van der Waals surface area contributed by atoms with Gasteiger partial charge in [0.2, 0.25) is 0 Å². The van der Waals surface area contributed by atoms with Crippen molar-refractivity contribution in [3.63, 3.8) is 0 Å². The van der Waals surface area contributed by atoms with Crippen molar-refractivity contribution < 1.29 is 0 Å². The number of hydrogen-bond acceptors (Lipinski definition) is 0. The van der Waals surface area contributed by atoms with E-state index in [0.717, 1.165) is 5.82 Å². The number of hydrogen-bond donors (Lipinski definition) is 0. The van der Waals surface area contributed by atoms with Crippen molar-refractivity contribution in [1.29, 1.82) is 0 Å². The molecular weight excluding hydrogens is 155 g/mol. The minimum absolute atomic E-state index is 0.439. The summed E-state index contributed by atoms with van der Waals surface area (Å²) in [5, 5.41) is 0.439. The van der Waals surface area contributed by atoms with Gasteiger partial charge in [0.1, 0.15) is 7.28 Å². The summed E-state index contributed by atoms with van der Waals surface area (Å²) in [6.07, 6.45) is 6.65. The molecule has 0 spiro atoms. The van der Waals surface area contributed by atoms with Gasteiger partial charge in [0.15, 0.2) is 0 Å². The third kappa shape index (κ3) is 6.18. The van der Waals surface area contributed by atoms with Gasteiger partial charge < -0.3 is 0 Å². The van der Waals surface area contributed by atoms with E-state index in [9.17, 15) is 0 Å². The molecule has 0 aliphatic carbocycles. The van der Waals surface area contributed by atoms with Crippen LogP contribution in [0, 0.1) is 0 Å². The molecule has 1 radical (unpaired) electrons. The molecule has 0 saturated heterocycles. The Morgan fingerprint density at radius 1 is 1.00 bits per heavy atom. The highest BCUT2D eigenvalue weighted by Crippen LogP contribution is 2.34. The van der Waals surface area contributed by atoms with E-state index in [2.05, 4.69) is 41.9 Å². The van der Waals surface area contributed by atoms with Crippen LogP contribution in [0.4, 0.5) is 0 Å². The van der Waals surface area contributed by atoms with Crippen molar-refractivity contribution in [2.45, 2.75) is 77.9 Å². The number of rotatable bonds is 7. The monoisotopic (exact) mass is 181 g/mol. The van der Waals surface area contributed by atoms with E-state index >= 15 is 0 Å². The molecule has 0 rings (SSSR count). The lowest BCUT2D eigenvalue weighted by molar-refractivity contribution is 0.588. The van der Waals surface area contributed by atoms with E-state index in [4.69, 9.17) is 0 Å². The van der Waals surface area contributed by atoms with Gasteiger partial charge in [0.25, 0.3) is 0 Å². The van der Waals surface area contributed by atoms with Crippen molar-refractivity contribution in [3.05, 3.63) is 0 Å². The van der Waals surface area contributed by atoms with Gasteiger partial charge >= 0.3 is 0 Å². The summed E-state index contributed by atoms with van der Waals surface area (Å²) in [4.78, 5) is 0. The average Bonchev–Trinajstić information content (AvgIpc) is 2.05. The van der Waals surface area contributed by atoms with E-state index < -0.39 is 0 Å². The molecule has 1 heteroatoms. The summed E-state index contributed by atoms with van der Waals surface area (Å²) in [5.74, 6) is 0.852. The molecule has 0 atom stereocenters. The Balaban J connectivity index is 3.92. The quantitative estimate of drug-likeness (QED) is 0.500. The van der Waals surface area contributed by atoms with Crippen LogP contribution in [0.2, 0.25) is 11.1 Å². The molecule has 0 fully saturated rings. The molecule has 0 aromatic heterocycles. The highest BCUT2D eigenvalue weighted by Gasteiger charge is 2.21. The van der Waals surface area contributed by atoms with Gasteiger partial charge in [-0.3, -0.25) is 0 Å². The Hall–Kier alpha value is 0.0649. The molecule has 13 heavy (non-hydrogen) atoms. The predicted octanol–water partition coefficient (Wildman–Crippen LogP) is 4.69. The molecule has 0 aliphatic rings. The second-order valence-corrected chi connectivity index (χ2v) is 4.85. The highest BCUT2D eigenvalue weighted by molar-refractivity contribution is 6.41. The van der Waals surface area contributed by atoms with Crippen molar-refractivity contribution >= 4 is 7.28 Å². The maximum absolute atomic E-state index is 2.58. The molecule has 0 aliphatic heterocycles. The molecule has 0 saturated carbocycles. The average molecular weight is 181 g/mol. The van der Waals surface area contributed by atoms with Crippen LogP contribution in [-0.2, 0) is 0 Å². The first-order valence-electron chi connectivity index (χ1n) is 5.91. The van der Waals surface area contributed by atoms with Gasteiger partial charge in [0.05, 0.1) is 0 Å². The first-order chi connectivity index (χ1) is 6.05. The van der Waals surface area contributed by atoms with Gasteiger partial charge in [-0.05, 0) is 0 Å². The Kier molecular flexibility index (Phi) is 6.54. The Bertz CT molecular complexity index is 112. The summed E-state index contributed by atoms with van der Waals surface area (Å²) in [6.45, 7) is 11.6. The molecule has 0 bridgehead atoms. The summed E-state index contributed by atoms with van der Waals surface area (Å²) < 4.78 is 0. The van der Waals surface area contributed by atoms with Crippen LogP contribution in [0.3, 0.4) is 0 Å². The molecule has 0 N–H and O–H groups in total. The largest absolute Gasteiger partial charge is 0.121 e. The van der Waals surface area contributed by atoms with Crippen LogP contribution >= 0.6 is 0 Å². The molecular formula is C12H26B. The maximum atomic E-state index is 2.58. The first-order valence-corrected chi connectivity index (χ1v) is 5.91. The summed E-state index contributed by atoms with van der Waals surface area (Å²) in [6, 6.07) is 0. The van der Waals surface area contributed by atoms with Crippen LogP contribution in [-0.4, -0.2) is 7.28 Å². The zero-order chi connectivity index (χ0) is 10.3. The SMILES string of the molecule is CCCC([B]C(C)(C)CC)CCC. The third-order valence-corrected chi connectivity index (χ3v) is 2.92. The predicted molar refractivity (Wildman–Crippen MR) is 63.7 cm³/mol. The standard InChI is InChI=1S/C12H26B/c1-6-9-11(10-7-2)13-12(4,5)8-3/h11H,6-10H2,1-5H3. The molecule has 0 heterocycles. The van der Waals surface area contributed by atoms with Crippen molar-refractivity contribution in [2.75, 3.05) is 0 Å².